The second kappa shape index (κ2) is 19.0. The Morgan fingerprint density at radius 3 is 2.20 bits per heavy atom. The molecule has 0 radical (unpaired) electrons. The molecular formula is C49H51N5O9S. The summed E-state index contributed by atoms with van der Waals surface area (Å²) in [5, 5.41) is 13.8. The molecule has 8 rings (SSSR count). The average molecular weight is 886 g/mol. The molecule has 4 aromatic carbocycles. The van der Waals surface area contributed by atoms with Gasteiger partial charge in [0.2, 0.25) is 6.41 Å². The number of carbonyl (C=O) groups is 3. The maximum absolute atomic E-state index is 13.9. The SMILES string of the molecule is COc1ccc(C2=CN(C)C(C(O)N(C=O)c3cc(OCc4cc(COc5cc6c(cc5OC)C(=O)N5Cc7ccsc7CC5C=N6)cc(CN(C)C)c4)c(OC)cc3C=O)C2)cc1. The molecule has 3 aliphatic rings. The van der Waals surface area contributed by atoms with Crippen LogP contribution in [0.2, 0.25) is 0 Å². The number of aliphatic imine (C=N–C) groups is 1. The van der Waals surface area contributed by atoms with Crippen molar-refractivity contribution < 1.29 is 43.2 Å². The van der Waals surface area contributed by atoms with Crippen LogP contribution in [0.5, 0.6) is 28.7 Å². The minimum absolute atomic E-state index is 0.0951. The molecule has 0 saturated heterocycles. The molecule has 5 aromatic rings. The zero-order chi connectivity index (χ0) is 45.1. The number of anilines is 1. The second-order valence-corrected chi connectivity index (χ2v) is 17.3. The van der Waals surface area contributed by atoms with Crippen LogP contribution in [-0.2, 0) is 37.5 Å². The standard InChI is InChI=1S/C49H51N5O9S/c1-51(2)23-30-13-31(27-62-45-20-40-39(19-44(45)61-6)48(57)53-25-34-11-12-64-47(34)18-37(53)22-50-40)15-32(14-30)28-63-46-21-41(36(26-55)17-43(46)60-5)54(29-56)49(58)42-16-35(24-52(42)3)33-7-9-38(59-4)10-8-33/h7-15,17,19-22,24,26,29,37,42,49,58H,16,18,23,25,27-28H2,1-6H3. The highest BCUT2D eigenvalue weighted by Crippen LogP contribution is 2.41. The molecule has 64 heavy (non-hydrogen) atoms. The molecule has 14 nitrogen and oxygen atoms in total. The molecule has 332 valence electrons. The zero-order valence-corrected chi connectivity index (χ0v) is 37.5. The fourth-order valence-electron chi connectivity index (χ4n) is 8.53. The summed E-state index contributed by atoms with van der Waals surface area (Å²) in [5.74, 6) is 2.06. The van der Waals surface area contributed by atoms with Crippen molar-refractivity contribution >= 4 is 53.1 Å². The van der Waals surface area contributed by atoms with Gasteiger partial charge in [0.15, 0.2) is 35.5 Å². The Labute approximate surface area is 376 Å². The monoisotopic (exact) mass is 885 g/mol. The number of nitrogens with zero attached hydrogens (tertiary/aromatic N) is 5. The summed E-state index contributed by atoms with van der Waals surface area (Å²) in [6.07, 6.45) is 4.79. The maximum atomic E-state index is 13.9. The van der Waals surface area contributed by atoms with Gasteiger partial charge in [-0.3, -0.25) is 24.3 Å². The summed E-state index contributed by atoms with van der Waals surface area (Å²) in [6.45, 7) is 1.44. The van der Waals surface area contributed by atoms with Crippen LogP contribution >= 0.6 is 11.3 Å². The molecule has 1 aromatic heterocycles. The number of aliphatic hydroxyl groups excluding tert-OH is 1. The highest BCUT2D eigenvalue weighted by Gasteiger charge is 2.36. The van der Waals surface area contributed by atoms with Gasteiger partial charge in [0, 0.05) is 61.5 Å². The summed E-state index contributed by atoms with van der Waals surface area (Å²) in [7, 11) is 10.4. The van der Waals surface area contributed by atoms with Gasteiger partial charge in [0.1, 0.15) is 19.0 Å². The Bertz CT molecular complexity index is 2610. The van der Waals surface area contributed by atoms with Gasteiger partial charge < -0.3 is 43.5 Å². The first-order valence-corrected chi connectivity index (χ1v) is 21.7. The van der Waals surface area contributed by atoms with E-state index >= 15 is 0 Å². The highest BCUT2D eigenvalue weighted by atomic mass is 32.1. The molecule has 0 saturated carbocycles. The molecule has 0 aliphatic carbocycles. The molecule has 3 unspecified atom stereocenters. The highest BCUT2D eigenvalue weighted by molar-refractivity contribution is 7.10. The lowest BCUT2D eigenvalue weighted by atomic mass is 10.0. The number of hydrogen-bond donors (Lipinski definition) is 1. The van der Waals surface area contributed by atoms with E-state index < -0.39 is 12.3 Å². The second-order valence-electron chi connectivity index (χ2n) is 16.3. The van der Waals surface area contributed by atoms with Gasteiger partial charge in [-0.05, 0) is 95.7 Å². The van der Waals surface area contributed by atoms with E-state index in [0.29, 0.717) is 55.0 Å². The first kappa shape index (κ1) is 43.9. The van der Waals surface area contributed by atoms with E-state index in [1.54, 1.807) is 43.8 Å². The minimum atomic E-state index is -1.32. The number of amides is 2. The van der Waals surface area contributed by atoms with E-state index in [0.717, 1.165) is 44.9 Å². The van der Waals surface area contributed by atoms with Crippen molar-refractivity contribution in [1.82, 2.24) is 14.7 Å². The third-order valence-electron chi connectivity index (χ3n) is 11.8. The molecule has 0 spiro atoms. The number of ether oxygens (including phenoxy) is 5. The van der Waals surface area contributed by atoms with Gasteiger partial charge in [-0.2, -0.15) is 0 Å². The van der Waals surface area contributed by atoms with Crippen LogP contribution in [-0.4, -0.2) is 105 Å². The Morgan fingerprint density at radius 1 is 0.859 bits per heavy atom. The lowest BCUT2D eigenvalue weighted by Gasteiger charge is -2.33. The van der Waals surface area contributed by atoms with E-state index in [1.165, 1.54) is 23.6 Å². The van der Waals surface area contributed by atoms with E-state index in [-0.39, 0.29) is 47.9 Å². The normalized spacial score (nSPS) is 16.9. The Balaban J connectivity index is 1.01. The average Bonchev–Trinajstić information content (AvgIpc) is 3.91. The van der Waals surface area contributed by atoms with Crippen LogP contribution < -0.4 is 28.6 Å². The first-order valence-electron chi connectivity index (χ1n) is 20.8. The number of benzene rings is 4. The van der Waals surface area contributed by atoms with Crippen LogP contribution in [0, 0.1) is 0 Å². The Kier molecular flexibility index (Phi) is 13.0. The van der Waals surface area contributed by atoms with Gasteiger partial charge in [0.25, 0.3) is 5.91 Å². The van der Waals surface area contributed by atoms with E-state index in [2.05, 4.69) is 22.4 Å². The van der Waals surface area contributed by atoms with E-state index in [9.17, 15) is 19.5 Å². The molecule has 2 amide bonds. The van der Waals surface area contributed by atoms with Gasteiger partial charge in [-0.25, -0.2) is 0 Å². The number of fused-ring (bicyclic) bond motifs is 3. The summed E-state index contributed by atoms with van der Waals surface area (Å²) in [6, 6.07) is 21.7. The molecule has 1 N–H and O–H groups in total. The van der Waals surface area contributed by atoms with E-state index in [1.807, 2.05) is 79.8 Å². The number of thiophene rings is 1. The van der Waals surface area contributed by atoms with Gasteiger partial charge in [-0.1, -0.05) is 24.3 Å². The van der Waals surface area contributed by atoms with Crippen molar-refractivity contribution in [2.45, 2.75) is 57.5 Å². The largest absolute Gasteiger partial charge is 0.497 e. The number of rotatable bonds is 17. The molecular weight excluding hydrogens is 835 g/mol. The molecule has 0 fully saturated rings. The third-order valence-corrected chi connectivity index (χ3v) is 12.8. The first-order chi connectivity index (χ1) is 31.0. The molecule has 3 atom stereocenters. The summed E-state index contributed by atoms with van der Waals surface area (Å²) < 4.78 is 29.5. The molecule has 4 heterocycles. The lowest BCUT2D eigenvalue weighted by molar-refractivity contribution is -0.109. The third kappa shape index (κ3) is 9.05. The van der Waals surface area contributed by atoms with Crippen molar-refractivity contribution in [1.29, 1.82) is 0 Å². The molecule has 0 bridgehead atoms. The quantitative estimate of drug-likeness (QED) is 0.0754. The van der Waals surface area contributed by atoms with Crippen molar-refractivity contribution in [3.8, 4) is 28.7 Å². The fraction of sp³-hybridized carbons (Fsp3) is 0.306. The zero-order valence-electron chi connectivity index (χ0n) is 36.6. The van der Waals surface area contributed by atoms with Gasteiger partial charge in [-0.15, -0.1) is 11.3 Å². The number of likely N-dealkylation sites (N-methyl/N-ethyl adjacent to an activating group) is 1. The fourth-order valence-corrected chi connectivity index (χ4v) is 9.48. The number of hydrogen-bond acceptors (Lipinski definition) is 13. The van der Waals surface area contributed by atoms with Crippen molar-refractivity contribution in [3.63, 3.8) is 0 Å². The predicted molar refractivity (Wildman–Crippen MR) is 245 cm³/mol. The minimum Gasteiger partial charge on any atom is -0.497 e. The van der Waals surface area contributed by atoms with Crippen LogP contribution in [0.3, 0.4) is 0 Å². The number of carbonyl (C=O) groups excluding carboxylic acids is 3. The van der Waals surface area contributed by atoms with Crippen molar-refractivity contribution in [2.75, 3.05) is 47.4 Å². The van der Waals surface area contributed by atoms with Gasteiger partial charge >= 0.3 is 0 Å². The molecule has 3 aliphatic heterocycles. The smallest absolute Gasteiger partial charge is 0.257 e. The lowest BCUT2D eigenvalue weighted by Crippen LogP contribution is -2.47. The van der Waals surface area contributed by atoms with E-state index in [4.69, 9.17) is 28.7 Å². The summed E-state index contributed by atoms with van der Waals surface area (Å²) in [4.78, 5) is 52.1. The van der Waals surface area contributed by atoms with Crippen molar-refractivity contribution in [2.24, 2.45) is 4.99 Å². The number of aliphatic hydroxyl groups is 1. The topological polar surface area (TPSA) is 143 Å². The molecule has 15 heteroatoms. The van der Waals surface area contributed by atoms with Crippen LogP contribution in [0.1, 0.15) is 59.8 Å². The predicted octanol–water partition coefficient (Wildman–Crippen LogP) is 7.12. The van der Waals surface area contributed by atoms with Crippen LogP contribution in [0.15, 0.2) is 89.4 Å². The van der Waals surface area contributed by atoms with Gasteiger partial charge in [0.05, 0.1) is 50.4 Å². The Morgan fingerprint density at radius 2 is 1.55 bits per heavy atom. The van der Waals surface area contributed by atoms with Crippen LogP contribution in [0.25, 0.3) is 5.57 Å². The van der Waals surface area contributed by atoms with Crippen molar-refractivity contribution in [3.05, 3.63) is 128 Å². The Hall–Kier alpha value is -6.68. The van der Waals surface area contributed by atoms with Crippen LogP contribution in [0.4, 0.5) is 11.4 Å². The number of methoxy groups -OCH3 is 3. The summed E-state index contributed by atoms with van der Waals surface area (Å²) in [5.41, 5.74) is 7.11. The number of aldehydes is 1. The maximum Gasteiger partial charge on any atom is 0.257 e. The summed E-state index contributed by atoms with van der Waals surface area (Å²) >= 11 is 1.71.